The standard InChI is InChI=1S/C15H21NO9.C14H21N3O7/c1-10(17)23-8-12(9-24-11(2)18)22-7-3-4-15(21)25-16-13(19)5-6-14(16)20;1-9(18)15-8-4-3-5-10(16-14(22)23-2)13(21)24-17-11(19)6-7-12(17)20/h12H,3-9H2,1-2H3;10H,3-8H2,1-2H3,(H,15,18)(H,16,22). The summed E-state index contributed by atoms with van der Waals surface area (Å²) >= 11 is 0. The summed E-state index contributed by atoms with van der Waals surface area (Å²) in [7, 11) is 1.14. The Morgan fingerprint density at radius 2 is 1.24 bits per heavy atom. The molecule has 49 heavy (non-hydrogen) atoms. The minimum Gasteiger partial charge on any atom is -0.463 e. The van der Waals surface area contributed by atoms with Gasteiger partial charge < -0.3 is 39.3 Å². The van der Waals surface area contributed by atoms with Crippen LogP contribution >= 0.6 is 0 Å². The van der Waals surface area contributed by atoms with Crippen molar-refractivity contribution in [2.45, 2.75) is 90.7 Å². The number of ether oxygens (including phenoxy) is 4. The third-order valence-corrected chi connectivity index (χ3v) is 6.27. The van der Waals surface area contributed by atoms with Gasteiger partial charge >= 0.3 is 30.0 Å². The SMILES string of the molecule is CC(=O)OCC(COC(C)=O)OCCCC(=O)ON1C(=O)CCC1=O.COC(=O)NC(CCCCNC(C)=O)C(=O)ON1C(=O)CCC1=O. The van der Waals surface area contributed by atoms with Crippen LogP contribution in [0.5, 0.6) is 0 Å². The van der Waals surface area contributed by atoms with Crippen molar-refractivity contribution in [2.24, 2.45) is 0 Å². The summed E-state index contributed by atoms with van der Waals surface area (Å²) in [6.07, 6.45) is -0.0362. The van der Waals surface area contributed by atoms with Gasteiger partial charge in [-0.05, 0) is 25.7 Å². The number of unbranched alkanes of at least 4 members (excludes halogenated alkanes) is 1. The van der Waals surface area contributed by atoms with Crippen LogP contribution in [0.15, 0.2) is 0 Å². The molecule has 2 heterocycles. The lowest BCUT2D eigenvalue weighted by molar-refractivity contribution is -0.199. The van der Waals surface area contributed by atoms with E-state index in [2.05, 4.69) is 15.4 Å². The number of hydrogen-bond acceptors (Lipinski definition) is 16. The van der Waals surface area contributed by atoms with Crippen molar-refractivity contribution in [1.29, 1.82) is 0 Å². The molecule has 0 saturated carbocycles. The zero-order valence-electron chi connectivity index (χ0n) is 27.8. The lowest BCUT2D eigenvalue weighted by Gasteiger charge is -2.19. The van der Waals surface area contributed by atoms with Crippen molar-refractivity contribution in [3.63, 3.8) is 0 Å². The van der Waals surface area contributed by atoms with Gasteiger partial charge in [0.15, 0.2) is 0 Å². The van der Waals surface area contributed by atoms with Gasteiger partial charge in [-0.1, -0.05) is 0 Å². The molecule has 2 saturated heterocycles. The van der Waals surface area contributed by atoms with Gasteiger partial charge in [-0.3, -0.25) is 33.6 Å². The summed E-state index contributed by atoms with van der Waals surface area (Å²) in [5.41, 5.74) is 0. The Balaban J connectivity index is 0.000000490. The molecule has 274 valence electrons. The quantitative estimate of drug-likeness (QED) is 0.0790. The number of hydroxylamine groups is 4. The molecule has 0 aromatic carbocycles. The number of hydrogen-bond donors (Lipinski definition) is 2. The molecule has 0 aromatic rings. The van der Waals surface area contributed by atoms with Crippen LogP contribution in [0.2, 0.25) is 0 Å². The largest absolute Gasteiger partial charge is 0.463 e. The fraction of sp³-hybridized carbons (Fsp3) is 0.655. The van der Waals surface area contributed by atoms with E-state index in [1.165, 1.54) is 20.8 Å². The number of imide groups is 2. The third-order valence-electron chi connectivity index (χ3n) is 6.27. The second kappa shape index (κ2) is 22.4. The molecule has 2 aliphatic rings. The van der Waals surface area contributed by atoms with Gasteiger partial charge in [0.25, 0.3) is 23.6 Å². The summed E-state index contributed by atoms with van der Waals surface area (Å²) in [6.45, 7) is 4.21. The predicted molar refractivity (Wildman–Crippen MR) is 158 cm³/mol. The zero-order chi connectivity index (χ0) is 36.9. The van der Waals surface area contributed by atoms with Crippen LogP contribution in [0.3, 0.4) is 0 Å². The highest BCUT2D eigenvalue weighted by Gasteiger charge is 2.35. The number of nitrogens with zero attached hydrogens (tertiary/aromatic N) is 2. The maximum atomic E-state index is 12.1. The van der Waals surface area contributed by atoms with Gasteiger partial charge in [-0.15, -0.1) is 10.1 Å². The smallest absolute Gasteiger partial charge is 0.407 e. The number of methoxy groups -OCH3 is 1. The van der Waals surface area contributed by atoms with Gasteiger partial charge in [0.2, 0.25) is 5.91 Å². The second-order valence-electron chi connectivity index (χ2n) is 10.4. The first kappa shape index (κ1) is 41.9. The average molecular weight is 703 g/mol. The molecule has 0 bridgehead atoms. The maximum absolute atomic E-state index is 12.1. The van der Waals surface area contributed by atoms with E-state index >= 15 is 0 Å². The van der Waals surface area contributed by atoms with Gasteiger partial charge in [0.1, 0.15) is 25.4 Å². The molecule has 0 radical (unpaired) electrons. The molecule has 20 nitrogen and oxygen atoms in total. The number of amides is 6. The van der Waals surface area contributed by atoms with E-state index in [9.17, 15) is 47.9 Å². The molecule has 0 aliphatic carbocycles. The van der Waals surface area contributed by atoms with E-state index < -0.39 is 65.7 Å². The fourth-order valence-corrected chi connectivity index (χ4v) is 3.84. The number of carbonyl (C=O) groups is 10. The summed E-state index contributed by atoms with van der Waals surface area (Å²) in [4.78, 5) is 122. The molecule has 2 fully saturated rings. The van der Waals surface area contributed by atoms with E-state index in [0.717, 1.165) is 7.11 Å². The first-order chi connectivity index (χ1) is 23.1. The summed E-state index contributed by atoms with van der Waals surface area (Å²) in [6, 6.07) is -1.07. The van der Waals surface area contributed by atoms with Crippen molar-refractivity contribution < 1.29 is 76.6 Å². The molecular weight excluding hydrogens is 660 g/mol. The summed E-state index contributed by atoms with van der Waals surface area (Å²) in [5, 5.41) is 5.81. The molecular formula is C29H42N4O16. The van der Waals surface area contributed by atoms with Crippen LogP contribution in [0.25, 0.3) is 0 Å². The van der Waals surface area contributed by atoms with Gasteiger partial charge in [-0.2, -0.15) is 0 Å². The first-order valence-corrected chi connectivity index (χ1v) is 15.3. The highest BCUT2D eigenvalue weighted by atomic mass is 16.7. The van der Waals surface area contributed by atoms with E-state index in [0.29, 0.717) is 29.5 Å². The molecule has 2 rings (SSSR count). The molecule has 2 aliphatic heterocycles. The first-order valence-electron chi connectivity index (χ1n) is 15.3. The van der Waals surface area contributed by atoms with Crippen LogP contribution in [-0.2, 0) is 71.8 Å². The monoisotopic (exact) mass is 702 g/mol. The van der Waals surface area contributed by atoms with Crippen LogP contribution in [0.1, 0.15) is 78.6 Å². The minimum absolute atomic E-state index is 0.0159. The van der Waals surface area contributed by atoms with Crippen LogP contribution in [-0.4, -0.2) is 115 Å². The van der Waals surface area contributed by atoms with Gasteiger partial charge in [-0.25, -0.2) is 14.4 Å². The molecule has 2 N–H and O–H groups in total. The highest BCUT2D eigenvalue weighted by molar-refractivity contribution is 6.02. The zero-order valence-corrected chi connectivity index (χ0v) is 27.8. The van der Waals surface area contributed by atoms with E-state index in [4.69, 9.17) is 23.9 Å². The third kappa shape index (κ3) is 17.5. The lowest BCUT2D eigenvalue weighted by Crippen LogP contribution is -2.45. The van der Waals surface area contributed by atoms with Crippen molar-refractivity contribution in [2.75, 3.05) is 33.5 Å². The second-order valence-corrected chi connectivity index (χ2v) is 10.4. The molecule has 0 aromatic heterocycles. The molecule has 20 heteroatoms. The Labute approximate surface area is 281 Å². The van der Waals surface area contributed by atoms with Gasteiger partial charge in [0.05, 0.1) is 13.5 Å². The van der Waals surface area contributed by atoms with Crippen molar-refractivity contribution in [3.8, 4) is 0 Å². The fourth-order valence-electron chi connectivity index (χ4n) is 3.84. The Bertz CT molecular complexity index is 1190. The van der Waals surface area contributed by atoms with E-state index in [1.807, 2.05) is 0 Å². The summed E-state index contributed by atoms with van der Waals surface area (Å²) < 4.78 is 19.4. The number of rotatable bonds is 18. The highest BCUT2D eigenvalue weighted by Crippen LogP contribution is 2.15. The lowest BCUT2D eigenvalue weighted by atomic mass is 10.1. The number of esters is 2. The van der Waals surface area contributed by atoms with Crippen molar-refractivity contribution >= 4 is 59.5 Å². The van der Waals surface area contributed by atoms with Crippen LogP contribution in [0.4, 0.5) is 4.79 Å². The Hall–Kier alpha value is -5.14. The summed E-state index contributed by atoms with van der Waals surface area (Å²) in [5.74, 6) is -5.11. The number of carbonyl (C=O) groups excluding carboxylic acids is 10. The normalized spacial score (nSPS) is 14.5. The van der Waals surface area contributed by atoms with E-state index in [1.54, 1.807) is 0 Å². The van der Waals surface area contributed by atoms with Crippen LogP contribution in [0, 0.1) is 0 Å². The van der Waals surface area contributed by atoms with E-state index in [-0.39, 0.29) is 70.7 Å². The topological polar surface area (TPSA) is 257 Å². The molecule has 1 unspecified atom stereocenters. The van der Waals surface area contributed by atoms with Gasteiger partial charge in [0, 0.05) is 59.6 Å². The molecule has 6 amide bonds. The van der Waals surface area contributed by atoms with Crippen LogP contribution < -0.4 is 10.6 Å². The Kier molecular flexibility index (Phi) is 19.2. The molecule has 1 atom stereocenters. The number of alkyl carbamates (subject to hydrolysis) is 1. The number of nitrogens with one attached hydrogen (secondary N) is 2. The Morgan fingerprint density at radius 3 is 1.71 bits per heavy atom. The van der Waals surface area contributed by atoms with Crippen molar-refractivity contribution in [1.82, 2.24) is 20.8 Å². The average Bonchev–Trinajstić information content (AvgIpc) is 3.53. The predicted octanol–water partition coefficient (Wildman–Crippen LogP) is -0.490. The molecule has 0 spiro atoms. The Morgan fingerprint density at radius 1 is 0.735 bits per heavy atom. The minimum atomic E-state index is -1.07. The van der Waals surface area contributed by atoms with Crippen molar-refractivity contribution in [3.05, 3.63) is 0 Å². The maximum Gasteiger partial charge on any atom is 0.407 e.